The van der Waals surface area contributed by atoms with E-state index in [0.717, 1.165) is 4.90 Å². The van der Waals surface area contributed by atoms with Gasteiger partial charge in [0.05, 0.1) is 23.6 Å². The molecule has 7 heteroatoms. The molecule has 0 aliphatic carbocycles. The third-order valence-electron chi connectivity index (χ3n) is 5.39. The molecule has 140 valence electrons. The Labute approximate surface area is 156 Å². The van der Waals surface area contributed by atoms with Gasteiger partial charge in [-0.15, -0.1) is 0 Å². The largest absolute Gasteiger partial charge is 0.297 e. The van der Waals surface area contributed by atoms with E-state index in [-0.39, 0.29) is 11.5 Å². The number of hydrazone groups is 1. The molecule has 0 saturated carbocycles. The molecule has 4 atom stereocenters. The number of para-hydroxylation sites is 1. The average molecular weight is 369 g/mol. The summed E-state index contributed by atoms with van der Waals surface area (Å²) in [5.74, 6) is -3.49. The van der Waals surface area contributed by atoms with E-state index in [4.69, 9.17) is 0 Å². The summed E-state index contributed by atoms with van der Waals surface area (Å²) in [6.07, 6.45) is 5.02. The van der Waals surface area contributed by atoms with Crippen molar-refractivity contribution < 1.29 is 18.8 Å². The number of hydrogen-bond donors (Lipinski definition) is 0. The highest BCUT2D eigenvalue weighted by molar-refractivity contribution is 6.24. The van der Waals surface area contributed by atoms with Crippen LogP contribution < -0.4 is 4.90 Å². The van der Waals surface area contributed by atoms with Gasteiger partial charge in [-0.2, -0.15) is 5.10 Å². The smallest absolute Gasteiger partial charge is 0.240 e. The van der Waals surface area contributed by atoms with Gasteiger partial charge in [0.1, 0.15) is 11.9 Å². The molecule has 0 aromatic heterocycles. The summed E-state index contributed by atoms with van der Waals surface area (Å²) in [6.45, 7) is 5.32. The second-order valence-electron chi connectivity index (χ2n) is 8.09. The zero-order valence-electron chi connectivity index (χ0n) is 15.3. The molecule has 3 aliphatic heterocycles. The first kappa shape index (κ1) is 17.6. The minimum absolute atomic E-state index is 0.0707. The van der Waals surface area contributed by atoms with Gasteiger partial charge < -0.3 is 0 Å². The fourth-order valence-electron chi connectivity index (χ4n) is 4.15. The van der Waals surface area contributed by atoms with Crippen molar-refractivity contribution in [2.75, 3.05) is 4.90 Å². The molecule has 6 nitrogen and oxygen atoms in total. The first-order valence-electron chi connectivity index (χ1n) is 8.89. The van der Waals surface area contributed by atoms with E-state index in [0.29, 0.717) is 0 Å². The number of benzene rings is 1. The second kappa shape index (κ2) is 5.84. The number of imide groups is 1. The number of halogens is 1. The quantitative estimate of drug-likeness (QED) is 0.749. The minimum atomic E-state index is -0.881. The van der Waals surface area contributed by atoms with Crippen molar-refractivity contribution in [3.63, 3.8) is 0 Å². The molecular weight excluding hydrogens is 349 g/mol. The SMILES string of the molecule is CC(C)(C)C(=O)[C@@H]1[C@@H]2C(=O)N(c3ccccc3F)C(=O)[C@@H]2[C@H]2C=CC=NN21. The van der Waals surface area contributed by atoms with Gasteiger partial charge in [-0.05, 0) is 18.2 Å². The van der Waals surface area contributed by atoms with E-state index in [9.17, 15) is 18.8 Å². The predicted molar refractivity (Wildman–Crippen MR) is 97.4 cm³/mol. The van der Waals surface area contributed by atoms with Crippen LogP contribution in [0.15, 0.2) is 41.5 Å². The fraction of sp³-hybridized carbons (Fsp3) is 0.400. The summed E-state index contributed by atoms with van der Waals surface area (Å²) in [4.78, 5) is 40.4. The van der Waals surface area contributed by atoms with Crippen molar-refractivity contribution in [2.45, 2.75) is 32.9 Å². The number of ketones is 1. The summed E-state index contributed by atoms with van der Waals surface area (Å²) < 4.78 is 14.3. The van der Waals surface area contributed by atoms with Crippen LogP contribution in [0.5, 0.6) is 0 Å². The van der Waals surface area contributed by atoms with E-state index in [1.165, 1.54) is 18.2 Å². The van der Waals surface area contributed by atoms with Gasteiger partial charge in [-0.1, -0.05) is 39.0 Å². The van der Waals surface area contributed by atoms with E-state index < -0.39 is 47.0 Å². The Morgan fingerprint density at radius 1 is 1.11 bits per heavy atom. The molecule has 2 amide bonds. The van der Waals surface area contributed by atoms with Crippen LogP contribution in [-0.4, -0.2) is 40.9 Å². The van der Waals surface area contributed by atoms with Crippen LogP contribution in [0, 0.1) is 23.1 Å². The molecule has 0 spiro atoms. The van der Waals surface area contributed by atoms with Crippen LogP contribution in [0.3, 0.4) is 0 Å². The van der Waals surface area contributed by atoms with Crippen molar-refractivity contribution >= 4 is 29.5 Å². The lowest BCUT2D eigenvalue weighted by molar-refractivity contribution is -0.136. The highest BCUT2D eigenvalue weighted by atomic mass is 19.1. The maximum Gasteiger partial charge on any atom is 0.240 e. The molecule has 2 fully saturated rings. The summed E-state index contributed by atoms with van der Waals surface area (Å²) in [7, 11) is 0. The maximum absolute atomic E-state index is 14.3. The molecule has 4 rings (SSSR count). The standard InChI is InChI=1S/C20H20FN3O3/c1-20(2,3)17(25)16-15-14(13-9-6-10-22-24(13)16)18(26)23(19(15)27)12-8-5-4-7-11(12)21/h4-10,13-16H,1-3H3/t13-,14-,15-,16+/m1/s1. The van der Waals surface area contributed by atoms with Crippen LogP contribution in [0.4, 0.5) is 10.1 Å². The molecule has 27 heavy (non-hydrogen) atoms. The molecule has 1 aromatic rings. The zero-order valence-corrected chi connectivity index (χ0v) is 15.3. The Bertz CT molecular complexity index is 902. The molecule has 0 unspecified atom stereocenters. The lowest BCUT2D eigenvalue weighted by atomic mass is 9.80. The van der Waals surface area contributed by atoms with Crippen molar-refractivity contribution in [1.29, 1.82) is 0 Å². The van der Waals surface area contributed by atoms with E-state index in [1.54, 1.807) is 50.2 Å². The van der Waals surface area contributed by atoms with Gasteiger partial charge in [0.15, 0.2) is 5.78 Å². The summed E-state index contributed by atoms with van der Waals surface area (Å²) in [5.41, 5.74) is -0.783. The number of Topliss-reactive ketones (excluding diaryl/α,β-unsaturated/α-hetero) is 1. The van der Waals surface area contributed by atoms with Crippen molar-refractivity contribution in [3.8, 4) is 0 Å². The third-order valence-corrected chi connectivity index (χ3v) is 5.39. The van der Waals surface area contributed by atoms with E-state index in [2.05, 4.69) is 5.10 Å². The zero-order chi connectivity index (χ0) is 19.5. The van der Waals surface area contributed by atoms with E-state index >= 15 is 0 Å². The number of amides is 2. The van der Waals surface area contributed by atoms with Crippen LogP contribution in [0.2, 0.25) is 0 Å². The predicted octanol–water partition coefficient (Wildman–Crippen LogP) is 2.15. The molecule has 3 aliphatic rings. The number of allylic oxidation sites excluding steroid dienone is 1. The maximum atomic E-state index is 14.3. The first-order chi connectivity index (χ1) is 12.7. The van der Waals surface area contributed by atoms with Crippen molar-refractivity contribution in [3.05, 3.63) is 42.2 Å². The number of nitrogens with zero attached hydrogens (tertiary/aromatic N) is 3. The fourth-order valence-corrected chi connectivity index (χ4v) is 4.15. The van der Waals surface area contributed by atoms with Crippen LogP contribution >= 0.6 is 0 Å². The Kier molecular flexibility index (Phi) is 3.80. The highest BCUT2D eigenvalue weighted by Crippen LogP contribution is 2.47. The lowest BCUT2D eigenvalue weighted by Gasteiger charge is -2.33. The number of rotatable bonds is 2. The number of carbonyl (C=O) groups is 3. The molecule has 2 saturated heterocycles. The van der Waals surface area contributed by atoms with Gasteiger partial charge in [0, 0.05) is 11.6 Å². The lowest BCUT2D eigenvalue weighted by Crippen LogP contribution is -2.49. The van der Waals surface area contributed by atoms with Gasteiger partial charge in [0.25, 0.3) is 0 Å². The van der Waals surface area contributed by atoms with Crippen molar-refractivity contribution in [2.24, 2.45) is 22.4 Å². The van der Waals surface area contributed by atoms with E-state index in [1.807, 2.05) is 0 Å². The van der Waals surface area contributed by atoms with Gasteiger partial charge in [0.2, 0.25) is 11.8 Å². The number of anilines is 1. The monoisotopic (exact) mass is 369 g/mol. The number of fused-ring (bicyclic) bond motifs is 3. The average Bonchev–Trinajstić information content (AvgIpc) is 3.08. The molecule has 0 bridgehead atoms. The molecule has 0 radical (unpaired) electrons. The van der Waals surface area contributed by atoms with Crippen LogP contribution in [0.25, 0.3) is 0 Å². The van der Waals surface area contributed by atoms with Gasteiger partial charge >= 0.3 is 0 Å². The Morgan fingerprint density at radius 3 is 2.44 bits per heavy atom. The molecular formula is C20H20FN3O3. The van der Waals surface area contributed by atoms with Gasteiger partial charge in [-0.25, -0.2) is 9.29 Å². The Balaban J connectivity index is 1.82. The summed E-state index contributed by atoms with van der Waals surface area (Å²) >= 11 is 0. The topological polar surface area (TPSA) is 70.0 Å². The molecule has 3 heterocycles. The number of carbonyl (C=O) groups excluding carboxylic acids is 3. The van der Waals surface area contributed by atoms with Gasteiger partial charge in [-0.3, -0.25) is 19.4 Å². The molecule has 1 aromatic carbocycles. The molecule has 0 N–H and O–H groups in total. The number of hydrogen-bond acceptors (Lipinski definition) is 5. The summed E-state index contributed by atoms with van der Waals surface area (Å²) in [5, 5.41) is 5.84. The summed E-state index contributed by atoms with van der Waals surface area (Å²) in [6, 6.07) is 4.33. The Hall–Kier alpha value is -2.83. The van der Waals surface area contributed by atoms with Crippen LogP contribution in [-0.2, 0) is 14.4 Å². The minimum Gasteiger partial charge on any atom is -0.297 e. The Morgan fingerprint density at radius 2 is 1.78 bits per heavy atom. The van der Waals surface area contributed by atoms with Crippen molar-refractivity contribution in [1.82, 2.24) is 5.01 Å². The highest BCUT2D eigenvalue weighted by Gasteiger charge is 2.65. The van der Waals surface area contributed by atoms with Crippen LogP contribution in [0.1, 0.15) is 20.8 Å². The normalized spacial score (nSPS) is 29.3. The third kappa shape index (κ3) is 2.44. The first-order valence-corrected chi connectivity index (χ1v) is 8.89. The second-order valence-corrected chi connectivity index (χ2v) is 8.09.